The van der Waals surface area contributed by atoms with Gasteiger partial charge in [0.25, 0.3) is 5.91 Å². The maximum Gasteiger partial charge on any atom is 0.264 e. The molecule has 0 bridgehead atoms. The minimum absolute atomic E-state index is 0.190. The Labute approximate surface area is 207 Å². The van der Waals surface area contributed by atoms with Crippen LogP contribution in [-0.4, -0.2) is 22.2 Å². The van der Waals surface area contributed by atoms with Gasteiger partial charge in [0.15, 0.2) is 5.17 Å². The van der Waals surface area contributed by atoms with Crippen LogP contribution in [0, 0.1) is 12.7 Å². The van der Waals surface area contributed by atoms with Crippen LogP contribution in [0.1, 0.15) is 23.7 Å². The van der Waals surface area contributed by atoms with Gasteiger partial charge in [-0.3, -0.25) is 4.79 Å². The Kier molecular flexibility index (Phi) is 6.42. The molecule has 1 fully saturated rings. The number of amidine groups is 1. The largest absolute Gasteiger partial charge is 0.494 e. The molecule has 5 rings (SSSR count). The van der Waals surface area contributed by atoms with Gasteiger partial charge in [-0.05, 0) is 68.1 Å². The van der Waals surface area contributed by atoms with Crippen molar-refractivity contribution in [1.82, 2.24) is 9.88 Å². The number of halogens is 1. The van der Waals surface area contributed by atoms with Crippen LogP contribution in [0.4, 0.5) is 10.1 Å². The molecule has 1 N–H and O–H groups in total. The molecule has 7 heteroatoms. The second kappa shape index (κ2) is 9.80. The predicted octanol–water partition coefficient (Wildman–Crippen LogP) is 6.43. The number of amides is 1. The Bertz CT molecular complexity index is 1470. The summed E-state index contributed by atoms with van der Waals surface area (Å²) in [6, 6.07) is 22.2. The van der Waals surface area contributed by atoms with E-state index in [4.69, 9.17) is 4.74 Å². The maximum absolute atomic E-state index is 14.4. The summed E-state index contributed by atoms with van der Waals surface area (Å²) < 4.78 is 21.9. The van der Waals surface area contributed by atoms with E-state index in [-0.39, 0.29) is 11.7 Å². The molecule has 1 aromatic heterocycles. The van der Waals surface area contributed by atoms with Crippen LogP contribution >= 0.6 is 11.8 Å². The number of hydrogen-bond acceptors (Lipinski definition) is 4. The van der Waals surface area contributed by atoms with Crippen LogP contribution in [-0.2, 0) is 11.3 Å². The molecular weight excluding hydrogens is 461 g/mol. The minimum Gasteiger partial charge on any atom is -0.494 e. The van der Waals surface area contributed by atoms with Crippen LogP contribution < -0.4 is 10.1 Å². The highest BCUT2D eigenvalue weighted by molar-refractivity contribution is 8.18. The number of aromatic nitrogens is 1. The second-order valence-corrected chi connectivity index (χ2v) is 9.13. The van der Waals surface area contributed by atoms with Crippen molar-refractivity contribution in [2.75, 3.05) is 6.61 Å². The van der Waals surface area contributed by atoms with Crippen LogP contribution in [0.15, 0.2) is 82.7 Å². The van der Waals surface area contributed by atoms with Gasteiger partial charge in [-0.15, -0.1) is 0 Å². The second-order valence-electron chi connectivity index (χ2n) is 8.10. The fraction of sp³-hybridized carbons (Fsp3) is 0.143. The Morgan fingerprint density at radius 2 is 1.80 bits per heavy atom. The van der Waals surface area contributed by atoms with E-state index in [1.54, 1.807) is 12.1 Å². The maximum atomic E-state index is 14.4. The van der Waals surface area contributed by atoms with Gasteiger partial charge in [0.1, 0.15) is 11.6 Å². The lowest BCUT2D eigenvalue weighted by atomic mass is 10.1. The van der Waals surface area contributed by atoms with Gasteiger partial charge in [0.05, 0.1) is 23.7 Å². The molecule has 0 atom stereocenters. The van der Waals surface area contributed by atoms with Gasteiger partial charge >= 0.3 is 0 Å². The number of nitrogens with one attached hydrogen (secondary N) is 1. The summed E-state index contributed by atoms with van der Waals surface area (Å²) in [6.07, 6.45) is 1.90. The van der Waals surface area contributed by atoms with Crippen LogP contribution in [0.3, 0.4) is 0 Å². The molecule has 1 amide bonds. The van der Waals surface area contributed by atoms with Gasteiger partial charge in [-0.1, -0.05) is 36.4 Å². The van der Waals surface area contributed by atoms with Gasteiger partial charge in [0.2, 0.25) is 0 Å². The van der Waals surface area contributed by atoms with Gasteiger partial charge in [0, 0.05) is 27.7 Å². The lowest BCUT2D eigenvalue weighted by Gasteiger charge is -2.09. The molecule has 1 saturated heterocycles. The van der Waals surface area contributed by atoms with Crippen LogP contribution in [0.25, 0.3) is 17.0 Å². The number of para-hydroxylation sites is 1. The summed E-state index contributed by atoms with van der Waals surface area (Å²) in [5, 5.41) is 4.39. The number of nitrogens with zero attached hydrogens (tertiary/aromatic N) is 2. The molecule has 0 spiro atoms. The molecule has 0 radical (unpaired) electrons. The fourth-order valence-corrected chi connectivity index (χ4v) is 4.98. The predicted molar refractivity (Wildman–Crippen MR) is 141 cm³/mol. The number of aliphatic imine (C=N–C) groups is 1. The Morgan fingerprint density at radius 3 is 2.57 bits per heavy atom. The molecule has 1 aliphatic heterocycles. The van der Waals surface area contributed by atoms with E-state index in [1.165, 1.54) is 17.8 Å². The number of carbonyl (C=O) groups excluding carboxylic acids is 1. The monoisotopic (exact) mass is 485 g/mol. The first-order valence-corrected chi connectivity index (χ1v) is 12.2. The van der Waals surface area contributed by atoms with Crippen molar-refractivity contribution in [1.29, 1.82) is 0 Å². The van der Waals surface area contributed by atoms with Gasteiger partial charge in [-0.2, -0.15) is 0 Å². The van der Waals surface area contributed by atoms with E-state index >= 15 is 0 Å². The highest BCUT2D eigenvalue weighted by Crippen LogP contribution is 2.34. The van der Waals surface area contributed by atoms with Crippen molar-refractivity contribution >= 4 is 45.5 Å². The van der Waals surface area contributed by atoms with Gasteiger partial charge in [-0.25, -0.2) is 9.38 Å². The Balaban J connectivity index is 1.47. The van der Waals surface area contributed by atoms with E-state index < -0.39 is 0 Å². The first-order valence-electron chi connectivity index (χ1n) is 11.4. The fourth-order valence-electron chi connectivity index (χ4n) is 4.15. The summed E-state index contributed by atoms with van der Waals surface area (Å²) >= 11 is 1.31. The van der Waals surface area contributed by atoms with E-state index in [9.17, 15) is 9.18 Å². The van der Waals surface area contributed by atoms with Crippen molar-refractivity contribution in [3.63, 3.8) is 0 Å². The van der Waals surface area contributed by atoms with Crippen molar-refractivity contribution in [2.45, 2.75) is 20.4 Å². The average molecular weight is 486 g/mol. The van der Waals surface area contributed by atoms with Crippen LogP contribution in [0.5, 0.6) is 5.75 Å². The molecule has 0 unspecified atom stereocenters. The number of thioether (sulfide) groups is 1. The zero-order valence-electron chi connectivity index (χ0n) is 19.4. The standard InChI is InChI=1S/C28H24FN3O2S/c1-3-34-21-14-12-20(13-15-21)30-28-31-27(33)26(35-28)16-23-18(2)32(25-11-7-5-9-22(23)25)17-19-8-4-6-10-24(19)29/h4-16H,3,17H2,1-2H3,(H,30,31,33)/b26-16+. The summed E-state index contributed by atoms with van der Waals surface area (Å²) in [6.45, 7) is 4.95. The van der Waals surface area contributed by atoms with E-state index in [1.807, 2.05) is 74.5 Å². The number of carbonyl (C=O) groups is 1. The molecule has 176 valence electrons. The number of fused-ring (bicyclic) bond motifs is 1. The number of rotatable bonds is 6. The molecule has 4 aromatic rings. The molecule has 5 nitrogen and oxygen atoms in total. The van der Waals surface area contributed by atoms with Crippen LogP contribution in [0.2, 0.25) is 0 Å². The van der Waals surface area contributed by atoms with E-state index in [0.29, 0.717) is 28.8 Å². The highest BCUT2D eigenvalue weighted by atomic mass is 32.2. The average Bonchev–Trinajstić information content (AvgIpc) is 3.33. The lowest BCUT2D eigenvalue weighted by Crippen LogP contribution is -2.19. The van der Waals surface area contributed by atoms with Crippen molar-refractivity contribution < 1.29 is 13.9 Å². The summed E-state index contributed by atoms with van der Waals surface area (Å²) in [4.78, 5) is 17.9. The molecule has 0 saturated carbocycles. The third-order valence-corrected chi connectivity index (χ3v) is 6.78. The first-order chi connectivity index (χ1) is 17.0. The third-order valence-electron chi connectivity index (χ3n) is 5.87. The van der Waals surface area contributed by atoms with Crippen molar-refractivity contribution in [3.8, 4) is 5.75 Å². The zero-order valence-corrected chi connectivity index (χ0v) is 20.2. The Morgan fingerprint density at radius 1 is 1.06 bits per heavy atom. The van der Waals surface area contributed by atoms with E-state index in [2.05, 4.69) is 14.9 Å². The summed E-state index contributed by atoms with van der Waals surface area (Å²) in [5.41, 5.74) is 4.25. The molecule has 3 aromatic carbocycles. The quantitative estimate of drug-likeness (QED) is 0.320. The Hall–Kier alpha value is -3.84. The number of ether oxygens (including phenoxy) is 1. The van der Waals surface area contributed by atoms with Crippen molar-refractivity contribution in [3.05, 3.63) is 100 Å². The molecular formula is C28H24FN3O2S. The smallest absolute Gasteiger partial charge is 0.264 e. The minimum atomic E-state index is -0.231. The molecule has 2 heterocycles. The molecule has 1 aliphatic rings. The molecule has 35 heavy (non-hydrogen) atoms. The highest BCUT2D eigenvalue weighted by Gasteiger charge is 2.25. The lowest BCUT2D eigenvalue weighted by molar-refractivity contribution is -0.115. The zero-order chi connectivity index (χ0) is 24.4. The number of hydrogen-bond donors (Lipinski definition) is 1. The SMILES string of the molecule is CCOc1ccc(N=C2NC(=O)/C(=C\c3c(C)n(Cc4ccccc4F)c4ccccc34)S2)cc1. The van der Waals surface area contributed by atoms with Gasteiger partial charge < -0.3 is 14.6 Å². The molecule has 0 aliphatic carbocycles. The normalized spacial score (nSPS) is 15.8. The summed E-state index contributed by atoms with van der Waals surface area (Å²) in [5.74, 6) is 0.359. The third kappa shape index (κ3) is 4.72. The van der Waals surface area contributed by atoms with E-state index in [0.717, 1.165) is 33.6 Å². The number of benzene rings is 3. The van der Waals surface area contributed by atoms with Crippen molar-refractivity contribution in [2.24, 2.45) is 4.99 Å². The summed E-state index contributed by atoms with van der Waals surface area (Å²) in [7, 11) is 0. The first kappa shape index (κ1) is 22.9. The topological polar surface area (TPSA) is 55.6 Å².